The second-order valence-electron chi connectivity index (χ2n) is 4.91. The molecule has 3 heterocycles. The maximum Gasteiger partial charge on any atom is 0.274 e. The van der Waals surface area contributed by atoms with E-state index in [-0.39, 0.29) is 5.91 Å². The first kappa shape index (κ1) is 10.6. The van der Waals surface area contributed by atoms with Crippen LogP contribution in [0.2, 0.25) is 0 Å². The van der Waals surface area contributed by atoms with E-state index in [4.69, 9.17) is 4.74 Å². The van der Waals surface area contributed by atoms with Crippen molar-refractivity contribution in [2.24, 2.45) is 5.92 Å². The summed E-state index contributed by atoms with van der Waals surface area (Å²) in [6, 6.07) is 1.76. The number of likely N-dealkylation sites (tertiary alicyclic amines) is 1. The van der Waals surface area contributed by atoms with Gasteiger partial charge in [-0.3, -0.25) is 4.79 Å². The first-order chi connectivity index (χ1) is 8.24. The quantitative estimate of drug-likeness (QED) is 0.733. The van der Waals surface area contributed by atoms with Crippen molar-refractivity contribution in [3.63, 3.8) is 0 Å². The molecule has 3 rings (SSSR count). The van der Waals surface area contributed by atoms with Crippen LogP contribution >= 0.6 is 0 Å². The van der Waals surface area contributed by atoms with Gasteiger partial charge in [0.05, 0.1) is 6.54 Å². The molecule has 0 spiro atoms. The first-order valence-electron chi connectivity index (χ1n) is 6.24. The highest BCUT2D eigenvalue weighted by molar-refractivity contribution is 5.92. The summed E-state index contributed by atoms with van der Waals surface area (Å²) in [5.74, 6) is 1.50. The SMILES string of the molecule is CC1CCN(C(=O)c2cc3n(n2)CCO3)CC1. The Morgan fingerprint density at radius 1 is 1.41 bits per heavy atom. The zero-order chi connectivity index (χ0) is 11.8. The fourth-order valence-corrected chi connectivity index (χ4v) is 2.39. The topological polar surface area (TPSA) is 47.4 Å². The standard InChI is InChI=1S/C12H17N3O2/c1-9-2-4-14(5-3-9)12(16)10-8-11-15(13-10)6-7-17-11/h8-9H,2-7H2,1H3. The van der Waals surface area contributed by atoms with Crippen molar-refractivity contribution < 1.29 is 9.53 Å². The molecule has 0 N–H and O–H groups in total. The molecule has 1 saturated heterocycles. The van der Waals surface area contributed by atoms with Gasteiger partial charge in [0.25, 0.3) is 5.91 Å². The number of carbonyl (C=O) groups excluding carboxylic acids is 1. The number of hydrogen-bond acceptors (Lipinski definition) is 3. The summed E-state index contributed by atoms with van der Waals surface area (Å²) in [7, 11) is 0. The lowest BCUT2D eigenvalue weighted by Crippen LogP contribution is -2.38. The number of nitrogens with zero attached hydrogens (tertiary/aromatic N) is 3. The van der Waals surface area contributed by atoms with Crippen LogP contribution in [0.25, 0.3) is 0 Å². The van der Waals surface area contributed by atoms with Crippen LogP contribution in [0.5, 0.6) is 5.88 Å². The van der Waals surface area contributed by atoms with Gasteiger partial charge in [-0.05, 0) is 18.8 Å². The summed E-state index contributed by atoms with van der Waals surface area (Å²) in [6.07, 6.45) is 2.19. The second-order valence-corrected chi connectivity index (χ2v) is 4.91. The molecule has 17 heavy (non-hydrogen) atoms. The maximum atomic E-state index is 12.2. The van der Waals surface area contributed by atoms with E-state index in [1.54, 1.807) is 10.7 Å². The molecule has 2 aliphatic rings. The van der Waals surface area contributed by atoms with Gasteiger partial charge in [-0.1, -0.05) is 6.92 Å². The van der Waals surface area contributed by atoms with Crippen molar-refractivity contribution in [2.45, 2.75) is 26.3 Å². The van der Waals surface area contributed by atoms with Crippen molar-refractivity contribution in [1.82, 2.24) is 14.7 Å². The number of ether oxygens (including phenoxy) is 1. The molecule has 2 aliphatic heterocycles. The van der Waals surface area contributed by atoms with Gasteiger partial charge in [0.15, 0.2) is 5.69 Å². The summed E-state index contributed by atoms with van der Waals surface area (Å²) < 4.78 is 7.13. The molecule has 0 aromatic carbocycles. The lowest BCUT2D eigenvalue weighted by Gasteiger charge is -2.29. The minimum atomic E-state index is 0.0439. The van der Waals surface area contributed by atoms with Gasteiger partial charge in [-0.25, -0.2) is 4.68 Å². The molecule has 1 fully saturated rings. The van der Waals surface area contributed by atoms with Gasteiger partial charge in [-0.15, -0.1) is 0 Å². The molecule has 0 aliphatic carbocycles. The third-order valence-corrected chi connectivity index (χ3v) is 3.59. The Labute approximate surface area is 100 Å². The number of rotatable bonds is 1. The summed E-state index contributed by atoms with van der Waals surface area (Å²) in [5.41, 5.74) is 0.522. The van der Waals surface area contributed by atoms with E-state index in [0.29, 0.717) is 12.3 Å². The number of amides is 1. The molecule has 1 amide bonds. The Morgan fingerprint density at radius 3 is 2.88 bits per heavy atom. The average Bonchev–Trinajstić information content (AvgIpc) is 2.89. The highest BCUT2D eigenvalue weighted by Gasteiger charge is 2.25. The Hall–Kier alpha value is -1.52. The van der Waals surface area contributed by atoms with Crippen molar-refractivity contribution in [3.05, 3.63) is 11.8 Å². The predicted octanol–water partition coefficient (Wildman–Crippen LogP) is 1.15. The minimum Gasteiger partial charge on any atom is -0.476 e. The lowest BCUT2D eigenvalue weighted by atomic mass is 9.99. The molecule has 0 radical (unpaired) electrons. The van der Waals surface area contributed by atoms with E-state index < -0.39 is 0 Å². The molecule has 5 nitrogen and oxygen atoms in total. The first-order valence-corrected chi connectivity index (χ1v) is 6.24. The predicted molar refractivity (Wildman–Crippen MR) is 62.0 cm³/mol. The number of fused-ring (bicyclic) bond motifs is 1. The zero-order valence-corrected chi connectivity index (χ0v) is 10.1. The van der Waals surface area contributed by atoms with Gasteiger partial charge >= 0.3 is 0 Å². The fraction of sp³-hybridized carbons (Fsp3) is 0.667. The number of piperidine rings is 1. The molecule has 1 aromatic heterocycles. The van der Waals surface area contributed by atoms with E-state index in [1.807, 2.05) is 4.90 Å². The van der Waals surface area contributed by atoms with Gasteiger partial charge in [0.2, 0.25) is 5.88 Å². The number of aromatic nitrogens is 2. The highest BCUT2D eigenvalue weighted by Crippen LogP contribution is 2.22. The molecule has 0 saturated carbocycles. The molecular formula is C12H17N3O2. The van der Waals surface area contributed by atoms with E-state index in [2.05, 4.69) is 12.0 Å². The Kier molecular flexibility index (Phi) is 2.53. The van der Waals surface area contributed by atoms with Crippen LogP contribution in [0.3, 0.4) is 0 Å². The smallest absolute Gasteiger partial charge is 0.274 e. The van der Waals surface area contributed by atoms with Crippen molar-refractivity contribution in [1.29, 1.82) is 0 Å². The maximum absolute atomic E-state index is 12.2. The van der Waals surface area contributed by atoms with E-state index in [0.717, 1.165) is 44.3 Å². The minimum absolute atomic E-state index is 0.0439. The number of carbonyl (C=O) groups is 1. The van der Waals surface area contributed by atoms with Crippen LogP contribution in [0, 0.1) is 5.92 Å². The van der Waals surface area contributed by atoms with Crippen LogP contribution in [0.1, 0.15) is 30.3 Å². The molecule has 1 aromatic rings. The van der Waals surface area contributed by atoms with Gasteiger partial charge in [0.1, 0.15) is 6.61 Å². The van der Waals surface area contributed by atoms with Gasteiger partial charge in [0, 0.05) is 19.2 Å². The van der Waals surface area contributed by atoms with Crippen LogP contribution in [-0.4, -0.2) is 40.3 Å². The third-order valence-electron chi connectivity index (χ3n) is 3.59. The van der Waals surface area contributed by atoms with Gasteiger partial charge in [-0.2, -0.15) is 5.10 Å². The molecule has 92 valence electrons. The molecular weight excluding hydrogens is 218 g/mol. The highest BCUT2D eigenvalue weighted by atomic mass is 16.5. The second kappa shape index (κ2) is 4.05. The average molecular weight is 235 g/mol. The molecule has 0 unspecified atom stereocenters. The van der Waals surface area contributed by atoms with Crippen LogP contribution < -0.4 is 4.74 Å². The lowest BCUT2D eigenvalue weighted by molar-refractivity contribution is 0.0690. The monoisotopic (exact) mass is 235 g/mol. The summed E-state index contributed by atoms with van der Waals surface area (Å²) in [6.45, 7) is 5.35. The van der Waals surface area contributed by atoms with E-state index >= 15 is 0 Å². The van der Waals surface area contributed by atoms with E-state index in [9.17, 15) is 4.79 Å². The van der Waals surface area contributed by atoms with E-state index in [1.165, 1.54) is 0 Å². The fourth-order valence-electron chi connectivity index (χ4n) is 2.39. The van der Waals surface area contributed by atoms with Crippen LogP contribution in [-0.2, 0) is 6.54 Å². The Bertz CT molecular complexity index is 411. The van der Waals surface area contributed by atoms with Crippen molar-refractivity contribution in [3.8, 4) is 5.88 Å². The third kappa shape index (κ3) is 1.90. The number of hydrogen-bond donors (Lipinski definition) is 0. The van der Waals surface area contributed by atoms with Crippen molar-refractivity contribution >= 4 is 5.91 Å². The largest absolute Gasteiger partial charge is 0.476 e. The van der Waals surface area contributed by atoms with Gasteiger partial charge < -0.3 is 9.64 Å². The van der Waals surface area contributed by atoms with Crippen LogP contribution in [0.4, 0.5) is 0 Å². The summed E-state index contributed by atoms with van der Waals surface area (Å²) >= 11 is 0. The van der Waals surface area contributed by atoms with Crippen LogP contribution in [0.15, 0.2) is 6.07 Å². The Balaban J connectivity index is 1.73. The normalized spacial score (nSPS) is 20.2. The van der Waals surface area contributed by atoms with Crippen molar-refractivity contribution in [2.75, 3.05) is 19.7 Å². The summed E-state index contributed by atoms with van der Waals surface area (Å²) in [4.78, 5) is 14.1. The summed E-state index contributed by atoms with van der Waals surface area (Å²) in [5, 5.41) is 4.29. The molecule has 5 heteroatoms. The molecule has 0 atom stereocenters. The zero-order valence-electron chi connectivity index (χ0n) is 10.1. The Morgan fingerprint density at radius 2 is 2.18 bits per heavy atom. The molecule has 0 bridgehead atoms.